The summed E-state index contributed by atoms with van der Waals surface area (Å²) in [6, 6.07) is 75.6. The van der Waals surface area contributed by atoms with Crippen LogP contribution in [0.25, 0.3) is 71.6 Å². The number of rotatable bonds is 6. The van der Waals surface area contributed by atoms with Crippen LogP contribution in [0.2, 0.25) is 0 Å². The first-order chi connectivity index (χ1) is 28.0. The summed E-state index contributed by atoms with van der Waals surface area (Å²) in [4.78, 5) is 2.43. The summed E-state index contributed by atoms with van der Waals surface area (Å²) in [7, 11) is 0. The number of benzene rings is 9. The quantitative estimate of drug-likeness (QED) is 0.165. The maximum absolute atomic E-state index is 2.43. The molecule has 0 aliphatic heterocycles. The first-order valence-corrected chi connectivity index (χ1v) is 19.8. The predicted octanol–water partition coefficient (Wildman–Crippen LogP) is 15.0. The normalized spacial score (nSPS) is 12.9. The van der Waals surface area contributed by atoms with Gasteiger partial charge in [-0.25, -0.2) is 0 Å². The molecule has 0 unspecified atom stereocenters. The minimum Gasteiger partial charge on any atom is -0.310 e. The van der Waals surface area contributed by atoms with E-state index in [0.717, 1.165) is 11.4 Å². The van der Waals surface area contributed by atoms with E-state index < -0.39 is 0 Å². The van der Waals surface area contributed by atoms with Gasteiger partial charge >= 0.3 is 0 Å². The van der Waals surface area contributed by atoms with Gasteiger partial charge in [0, 0.05) is 38.6 Å². The smallest absolute Gasteiger partial charge is 0.0547 e. The van der Waals surface area contributed by atoms with Crippen molar-refractivity contribution in [3.63, 3.8) is 0 Å². The van der Waals surface area contributed by atoms with Crippen LogP contribution in [0, 0.1) is 0 Å². The monoisotopic (exact) mass is 728 g/mol. The summed E-state index contributed by atoms with van der Waals surface area (Å²) < 4.78 is 2.39. The molecule has 0 radical (unpaired) electrons. The third-order valence-corrected chi connectivity index (χ3v) is 12.2. The van der Waals surface area contributed by atoms with E-state index >= 15 is 0 Å². The Hall–Kier alpha value is -7.16. The summed E-state index contributed by atoms with van der Waals surface area (Å²) in [5.41, 5.74) is 17.1. The third-order valence-electron chi connectivity index (χ3n) is 12.2. The minimum atomic E-state index is -0.0934. The molecule has 2 nitrogen and oxygen atoms in total. The van der Waals surface area contributed by atoms with Crippen molar-refractivity contribution in [1.29, 1.82) is 0 Å². The molecule has 1 aliphatic carbocycles. The van der Waals surface area contributed by atoms with E-state index in [1.807, 2.05) is 0 Å². The summed E-state index contributed by atoms with van der Waals surface area (Å²) in [5, 5.41) is 4.98. The molecule has 0 saturated heterocycles. The molecule has 1 heterocycles. The number of para-hydroxylation sites is 2. The van der Waals surface area contributed by atoms with Crippen molar-refractivity contribution in [3.05, 3.63) is 217 Å². The Labute approximate surface area is 333 Å². The number of aromatic nitrogens is 1. The lowest BCUT2D eigenvalue weighted by Gasteiger charge is -2.29. The molecule has 11 rings (SSSR count). The zero-order chi connectivity index (χ0) is 38.1. The number of hydrogen-bond donors (Lipinski definition) is 0. The van der Waals surface area contributed by atoms with Gasteiger partial charge < -0.3 is 9.47 Å². The van der Waals surface area contributed by atoms with Gasteiger partial charge in [0.15, 0.2) is 0 Å². The van der Waals surface area contributed by atoms with E-state index in [1.165, 1.54) is 88.5 Å². The van der Waals surface area contributed by atoms with Gasteiger partial charge in [0.2, 0.25) is 0 Å². The highest BCUT2D eigenvalue weighted by atomic mass is 15.1. The number of hydrogen-bond acceptors (Lipinski definition) is 1. The second-order valence-corrected chi connectivity index (χ2v) is 15.8. The fourth-order valence-corrected chi connectivity index (χ4v) is 9.35. The molecule has 0 spiro atoms. The standard InChI is InChI=1S/C55H40N2/c1-55(2)50-23-10-8-21-46(50)47-33-31-44(36-51(47)55)56(52-25-13-15-38-14-6-7-20-45(38)52)43-29-26-37(27-30-43)39-16-12-17-40(34-39)41-28-32-49-48-22-9-11-24-53(48)57(54(49)35-41)42-18-4-3-5-19-42/h3-36H,1-2H3. The average molecular weight is 729 g/mol. The molecular formula is C55H40N2. The van der Waals surface area contributed by atoms with Crippen LogP contribution in [0.4, 0.5) is 17.1 Å². The maximum Gasteiger partial charge on any atom is 0.0547 e. The Morgan fingerprint density at radius 2 is 1.00 bits per heavy atom. The van der Waals surface area contributed by atoms with Crippen LogP contribution in [-0.2, 0) is 5.41 Å². The first kappa shape index (κ1) is 33.2. The molecule has 1 aromatic heterocycles. The lowest BCUT2D eigenvalue weighted by Crippen LogP contribution is -2.16. The average Bonchev–Trinajstić information content (AvgIpc) is 3.72. The molecule has 1 aliphatic rings. The van der Waals surface area contributed by atoms with Gasteiger partial charge in [0.25, 0.3) is 0 Å². The van der Waals surface area contributed by atoms with Gasteiger partial charge in [-0.1, -0.05) is 159 Å². The molecule has 270 valence electrons. The largest absolute Gasteiger partial charge is 0.310 e. The van der Waals surface area contributed by atoms with Crippen molar-refractivity contribution >= 4 is 49.6 Å². The highest BCUT2D eigenvalue weighted by Crippen LogP contribution is 2.51. The van der Waals surface area contributed by atoms with Crippen LogP contribution in [0.15, 0.2) is 206 Å². The Balaban J connectivity index is 0.997. The zero-order valence-corrected chi connectivity index (χ0v) is 32.0. The molecule has 0 fully saturated rings. The summed E-state index contributed by atoms with van der Waals surface area (Å²) in [5.74, 6) is 0. The topological polar surface area (TPSA) is 8.17 Å². The number of nitrogens with zero attached hydrogens (tertiary/aromatic N) is 2. The Morgan fingerprint density at radius 1 is 0.386 bits per heavy atom. The molecule has 0 atom stereocenters. The van der Waals surface area contributed by atoms with Crippen molar-refractivity contribution in [2.75, 3.05) is 4.90 Å². The van der Waals surface area contributed by atoms with Gasteiger partial charge in [-0.05, 0) is 111 Å². The number of fused-ring (bicyclic) bond motifs is 7. The van der Waals surface area contributed by atoms with Crippen molar-refractivity contribution in [3.8, 4) is 39.1 Å². The zero-order valence-electron chi connectivity index (χ0n) is 32.0. The van der Waals surface area contributed by atoms with Gasteiger partial charge in [-0.3, -0.25) is 0 Å². The third kappa shape index (κ3) is 5.33. The van der Waals surface area contributed by atoms with Gasteiger partial charge in [0.05, 0.1) is 16.7 Å². The van der Waals surface area contributed by atoms with E-state index in [1.54, 1.807) is 0 Å². The van der Waals surface area contributed by atoms with E-state index in [4.69, 9.17) is 0 Å². The fourth-order valence-electron chi connectivity index (χ4n) is 9.35. The van der Waals surface area contributed by atoms with E-state index in [2.05, 4.69) is 230 Å². The molecule has 9 aromatic carbocycles. The molecule has 0 amide bonds. The molecule has 0 saturated carbocycles. The Kier molecular flexibility index (Phi) is 7.55. The molecule has 10 aromatic rings. The highest BCUT2D eigenvalue weighted by Gasteiger charge is 2.35. The second kappa shape index (κ2) is 13.0. The number of anilines is 3. The fraction of sp³-hybridized carbons (Fsp3) is 0.0545. The summed E-state index contributed by atoms with van der Waals surface area (Å²) in [6.07, 6.45) is 0. The molecule has 0 bridgehead atoms. The van der Waals surface area contributed by atoms with E-state index in [9.17, 15) is 0 Å². The van der Waals surface area contributed by atoms with Gasteiger partial charge in [0.1, 0.15) is 0 Å². The lowest BCUT2D eigenvalue weighted by molar-refractivity contribution is 0.660. The molecule has 0 N–H and O–H groups in total. The Bertz CT molecular complexity index is 3140. The van der Waals surface area contributed by atoms with Crippen molar-refractivity contribution in [1.82, 2.24) is 4.57 Å². The summed E-state index contributed by atoms with van der Waals surface area (Å²) in [6.45, 7) is 4.71. The van der Waals surface area contributed by atoms with Crippen LogP contribution in [0.3, 0.4) is 0 Å². The van der Waals surface area contributed by atoms with Crippen LogP contribution < -0.4 is 4.90 Å². The van der Waals surface area contributed by atoms with E-state index in [-0.39, 0.29) is 5.41 Å². The van der Waals surface area contributed by atoms with Crippen LogP contribution in [0.5, 0.6) is 0 Å². The van der Waals surface area contributed by atoms with Crippen LogP contribution in [0.1, 0.15) is 25.0 Å². The highest BCUT2D eigenvalue weighted by molar-refractivity contribution is 6.10. The Morgan fingerprint density at radius 3 is 1.86 bits per heavy atom. The van der Waals surface area contributed by atoms with Crippen LogP contribution in [-0.4, -0.2) is 4.57 Å². The van der Waals surface area contributed by atoms with Crippen LogP contribution >= 0.6 is 0 Å². The van der Waals surface area contributed by atoms with Crippen molar-refractivity contribution < 1.29 is 0 Å². The molecule has 2 heteroatoms. The van der Waals surface area contributed by atoms with E-state index in [0.29, 0.717) is 0 Å². The molecular weight excluding hydrogens is 689 g/mol. The van der Waals surface area contributed by atoms with Crippen molar-refractivity contribution in [2.24, 2.45) is 0 Å². The maximum atomic E-state index is 2.43. The molecule has 57 heavy (non-hydrogen) atoms. The second-order valence-electron chi connectivity index (χ2n) is 15.8. The van der Waals surface area contributed by atoms with Gasteiger partial charge in [-0.15, -0.1) is 0 Å². The first-order valence-electron chi connectivity index (χ1n) is 19.8. The van der Waals surface area contributed by atoms with Crippen molar-refractivity contribution in [2.45, 2.75) is 19.3 Å². The van der Waals surface area contributed by atoms with Gasteiger partial charge in [-0.2, -0.15) is 0 Å². The minimum absolute atomic E-state index is 0.0934. The lowest BCUT2D eigenvalue weighted by atomic mass is 9.82. The predicted molar refractivity (Wildman–Crippen MR) is 241 cm³/mol. The SMILES string of the molecule is CC1(C)c2ccccc2-c2ccc(N(c3ccc(-c4cccc(-c5ccc6c7ccccc7n(-c7ccccc7)c6c5)c4)cc3)c3cccc4ccccc34)cc21. The summed E-state index contributed by atoms with van der Waals surface area (Å²) >= 11 is 0.